The predicted octanol–water partition coefficient (Wildman–Crippen LogP) is -0.856. The Labute approximate surface area is 120 Å². The molecule has 0 unspecified atom stereocenters. The van der Waals surface area contributed by atoms with Gasteiger partial charge in [0.25, 0.3) is 0 Å². The number of rotatable bonds is 2. The van der Waals surface area contributed by atoms with Crippen LogP contribution < -0.4 is 0 Å². The molecule has 3 amide bonds. The van der Waals surface area contributed by atoms with Crippen molar-refractivity contribution in [3.05, 3.63) is 0 Å². The van der Waals surface area contributed by atoms with Gasteiger partial charge in [-0.2, -0.15) is 0 Å². The summed E-state index contributed by atoms with van der Waals surface area (Å²) in [4.78, 5) is 31.4. The molecule has 2 aliphatic heterocycles. The van der Waals surface area contributed by atoms with E-state index in [1.54, 1.807) is 19.0 Å². The third kappa shape index (κ3) is 3.83. The molecule has 0 aromatic rings. The van der Waals surface area contributed by atoms with Crippen molar-refractivity contribution in [2.75, 3.05) is 73.1 Å². The van der Waals surface area contributed by atoms with Crippen molar-refractivity contribution in [3.63, 3.8) is 0 Å². The van der Waals surface area contributed by atoms with Crippen LogP contribution in [0.4, 0.5) is 4.79 Å². The number of piperazine rings is 1. The molecule has 7 nitrogen and oxygen atoms in total. The summed E-state index contributed by atoms with van der Waals surface area (Å²) < 4.78 is 5.25. The monoisotopic (exact) mass is 284 g/mol. The van der Waals surface area contributed by atoms with Crippen LogP contribution in [-0.2, 0) is 9.53 Å². The molecule has 0 atom stereocenters. The number of carbonyl (C=O) groups is 2. The van der Waals surface area contributed by atoms with E-state index in [-0.39, 0.29) is 11.9 Å². The van der Waals surface area contributed by atoms with E-state index in [4.69, 9.17) is 4.74 Å². The van der Waals surface area contributed by atoms with Gasteiger partial charge in [-0.3, -0.25) is 9.69 Å². The lowest BCUT2D eigenvalue weighted by atomic mass is 10.3. The summed E-state index contributed by atoms with van der Waals surface area (Å²) in [5.41, 5.74) is 0. The van der Waals surface area contributed by atoms with Gasteiger partial charge in [-0.1, -0.05) is 0 Å². The normalized spacial score (nSPS) is 20.9. The van der Waals surface area contributed by atoms with Crippen molar-refractivity contribution in [1.29, 1.82) is 0 Å². The fraction of sp³-hybridized carbons (Fsp3) is 0.846. The fourth-order valence-electron chi connectivity index (χ4n) is 2.48. The third-order valence-corrected chi connectivity index (χ3v) is 3.75. The van der Waals surface area contributed by atoms with E-state index in [0.29, 0.717) is 45.9 Å². The van der Waals surface area contributed by atoms with Crippen LogP contribution in [-0.4, -0.2) is 105 Å². The van der Waals surface area contributed by atoms with Crippen molar-refractivity contribution in [2.45, 2.75) is 0 Å². The van der Waals surface area contributed by atoms with E-state index >= 15 is 0 Å². The second kappa shape index (κ2) is 6.90. The molecule has 0 aromatic heterocycles. The SMILES string of the molecule is CN(C)C(=O)N1CCN(CC(=O)N2CCOCC2)CC1. The van der Waals surface area contributed by atoms with Gasteiger partial charge in [-0.05, 0) is 0 Å². The molecule has 0 aromatic carbocycles. The first-order chi connectivity index (χ1) is 9.58. The number of amides is 3. The molecule has 2 heterocycles. The van der Waals surface area contributed by atoms with Crippen LogP contribution in [0.2, 0.25) is 0 Å². The highest BCUT2D eigenvalue weighted by Gasteiger charge is 2.25. The minimum atomic E-state index is 0.0455. The highest BCUT2D eigenvalue weighted by atomic mass is 16.5. The van der Waals surface area contributed by atoms with Gasteiger partial charge in [0.05, 0.1) is 19.8 Å². The van der Waals surface area contributed by atoms with Crippen molar-refractivity contribution in [2.24, 2.45) is 0 Å². The first-order valence-corrected chi connectivity index (χ1v) is 7.12. The lowest BCUT2D eigenvalue weighted by molar-refractivity contribution is -0.136. The Bertz CT molecular complexity index is 348. The van der Waals surface area contributed by atoms with Crippen LogP contribution >= 0.6 is 0 Å². The average Bonchev–Trinajstić information content (AvgIpc) is 2.48. The second-order valence-electron chi connectivity index (χ2n) is 5.43. The molecule has 114 valence electrons. The lowest BCUT2D eigenvalue weighted by Gasteiger charge is -2.36. The van der Waals surface area contributed by atoms with Gasteiger partial charge in [0.15, 0.2) is 0 Å². The molecule has 2 aliphatic rings. The Hall–Kier alpha value is -1.34. The van der Waals surface area contributed by atoms with E-state index in [2.05, 4.69) is 4.90 Å². The first kappa shape index (κ1) is 15.1. The molecule has 7 heteroatoms. The molecule has 0 N–H and O–H groups in total. The van der Waals surface area contributed by atoms with E-state index in [9.17, 15) is 9.59 Å². The minimum absolute atomic E-state index is 0.0455. The highest BCUT2D eigenvalue weighted by Crippen LogP contribution is 2.06. The smallest absolute Gasteiger partial charge is 0.319 e. The minimum Gasteiger partial charge on any atom is -0.378 e. The van der Waals surface area contributed by atoms with Crippen LogP contribution in [0.25, 0.3) is 0 Å². The van der Waals surface area contributed by atoms with E-state index in [1.807, 2.05) is 9.80 Å². The predicted molar refractivity (Wildman–Crippen MR) is 74.5 cm³/mol. The number of urea groups is 1. The molecular formula is C13H24N4O3. The molecule has 2 saturated heterocycles. The summed E-state index contributed by atoms with van der Waals surface area (Å²) in [6.07, 6.45) is 0. The van der Waals surface area contributed by atoms with E-state index in [0.717, 1.165) is 13.1 Å². The van der Waals surface area contributed by atoms with Crippen LogP contribution in [0.5, 0.6) is 0 Å². The van der Waals surface area contributed by atoms with E-state index < -0.39 is 0 Å². The average molecular weight is 284 g/mol. The Morgan fingerprint density at radius 2 is 1.55 bits per heavy atom. The molecule has 0 spiro atoms. The zero-order valence-corrected chi connectivity index (χ0v) is 12.4. The quantitative estimate of drug-likeness (QED) is 0.662. The zero-order valence-electron chi connectivity index (χ0n) is 12.4. The maximum absolute atomic E-state index is 12.1. The van der Waals surface area contributed by atoms with Crippen LogP contribution in [0.1, 0.15) is 0 Å². The molecular weight excluding hydrogens is 260 g/mol. The number of carbonyl (C=O) groups excluding carboxylic acids is 2. The Kier molecular flexibility index (Phi) is 5.19. The van der Waals surface area contributed by atoms with E-state index in [1.165, 1.54) is 0 Å². The molecule has 0 aliphatic carbocycles. The van der Waals surface area contributed by atoms with Crippen molar-refractivity contribution >= 4 is 11.9 Å². The maximum atomic E-state index is 12.1. The standard InChI is InChI=1S/C13H24N4O3/c1-14(2)13(19)17-5-3-15(4-6-17)11-12(18)16-7-9-20-10-8-16/h3-11H2,1-2H3. The lowest BCUT2D eigenvalue weighted by Crippen LogP contribution is -2.54. The Balaban J connectivity index is 1.73. The van der Waals surface area contributed by atoms with Gasteiger partial charge in [0.2, 0.25) is 5.91 Å². The van der Waals surface area contributed by atoms with Crippen molar-refractivity contribution in [1.82, 2.24) is 19.6 Å². The molecule has 2 fully saturated rings. The summed E-state index contributed by atoms with van der Waals surface area (Å²) in [6, 6.07) is 0.0455. The maximum Gasteiger partial charge on any atom is 0.319 e. The Morgan fingerprint density at radius 3 is 2.10 bits per heavy atom. The van der Waals surface area contributed by atoms with Gasteiger partial charge in [0, 0.05) is 53.4 Å². The van der Waals surface area contributed by atoms with Gasteiger partial charge < -0.3 is 19.4 Å². The summed E-state index contributed by atoms with van der Waals surface area (Å²) in [6.45, 7) is 6.00. The molecule has 2 rings (SSSR count). The number of ether oxygens (including phenoxy) is 1. The van der Waals surface area contributed by atoms with Gasteiger partial charge in [-0.25, -0.2) is 4.79 Å². The second-order valence-corrected chi connectivity index (χ2v) is 5.43. The molecule has 0 saturated carbocycles. The largest absolute Gasteiger partial charge is 0.378 e. The third-order valence-electron chi connectivity index (χ3n) is 3.75. The molecule has 0 bridgehead atoms. The van der Waals surface area contributed by atoms with Crippen LogP contribution in [0.3, 0.4) is 0 Å². The summed E-state index contributed by atoms with van der Waals surface area (Å²) in [5, 5.41) is 0. The van der Waals surface area contributed by atoms with Crippen molar-refractivity contribution < 1.29 is 14.3 Å². The summed E-state index contributed by atoms with van der Waals surface area (Å²) in [7, 11) is 3.52. The Morgan fingerprint density at radius 1 is 0.950 bits per heavy atom. The van der Waals surface area contributed by atoms with Crippen LogP contribution in [0, 0.1) is 0 Å². The first-order valence-electron chi connectivity index (χ1n) is 7.12. The number of morpholine rings is 1. The van der Waals surface area contributed by atoms with Gasteiger partial charge in [-0.15, -0.1) is 0 Å². The molecule has 20 heavy (non-hydrogen) atoms. The van der Waals surface area contributed by atoms with Crippen molar-refractivity contribution in [3.8, 4) is 0 Å². The topological polar surface area (TPSA) is 56.3 Å². The fourth-order valence-corrected chi connectivity index (χ4v) is 2.48. The van der Waals surface area contributed by atoms with Crippen LogP contribution in [0.15, 0.2) is 0 Å². The number of hydrogen-bond acceptors (Lipinski definition) is 4. The number of nitrogens with zero attached hydrogens (tertiary/aromatic N) is 4. The summed E-state index contributed by atoms with van der Waals surface area (Å²) in [5.74, 6) is 0.167. The van der Waals surface area contributed by atoms with Gasteiger partial charge >= 0.3 is 6.03 Å². The zero-order chi connectivity index (χ0) is 14.5. The highest BCUT2D eigenvalue weighted by molar-refractivity contribution is 5.78. The molecule has 0 radical (unpaired) electrons. The number of hydrogen-bond donors (Lipinski definition) is 0. The summed E-state index contributed by atoms with van der Waals surface area (Å²) >= 11 is 0. The van der Waals surface area contributed by atoms with Gasteiger partial charge in [0.1, 0.15) is 0 Å².